The summed E-state index contributed by atoms with van der Waals surface area (Å²) in [6, 6.07) is 1.77. The van der Waals surface area contributed by atoms with E-state index in [-0.39, 0.29) is 16.6 Å². The maximum Gasteiger partial charge on any atom is 0.307 e. The molecule has 0 aliphatic heterocycles. The highest BCUT2D eigenvalue weighted by Gasteiger charge is 2.18. The summed E-state index contributed by atoms with van der Waals surface area (Å²) in [4.78, 5) is 11.0. The lowest BCUT2D eigenvalue weighted by molar-refractivity contribution is -0.141. The summed E-state index contributed by atoms with van der Waals surface area (Å²) in [5.41, 5.74) is 5.98. The van der Waals surface area contributed by atoms with Crippen molar-refractivity contribution in [3.63, 3.8) is 0 Å². The van der Waals surface area contributed by atoms with Crippen molar-refractivity contribution in [2.24, 2.45) is 5.73 Å². The molecule has 0 spiro atoms. The third kappa shape index (κ3) is 2.70. The first kappa shape index (κ1) is 12.9. The van der Waals surface area contributed by atoms with E-state index in [0.717, 1.165) is 6.07 Å². The highest BCUT2D eigenvalue weighted by atomic mass is 79.9. The molecule has 0 aliphatic rings. The van der Waals surface area contributed by atoms with Gasteiger partial charge in [-0.25, -0.2) is 4.39 Å². The predicted molar refractivity (Wildman–Crippen MR) is 59.3 cm³/mol. The fourth-order valence-corrected chi connectivity index (χ4v) is 1.59. The summed E-state index contributed by atoms with van der Waals surface area (Å²) in [5, 5.41) is 9.62. The fraction of sp³-hybridized carbons (Fsp3) is 0.300. The number of hydrogen-bond donors (Lipinski definition) is 2. The maximum atomic E-state index is 13.0. The summed E-state index contributed by atoms with van der Waals surface area (Å²) in [6.07, 6.45) is -0.0812. The quantitative estimate of drug-likeness (QED) is 0.834. The normalized spacial score (nSPS) is 12.2. The average Bonchev–Trinajstić information content (AvgIpc) is 2.25. The van der Waals surface area contributed by atoms with Gasteiger partial charge in [0.2, 0.25) is 0 Å². The second-order valence-corrected chi connectivity index (χ2v) is 3.98. The van der Waals surface area contributed by atoms with Crippen LogP contribution in [0.4, 0.5) is 4.39 Å². The van der Waals surface area contributed by atoms with E-state index in [0.29, 0.717) is 5.56 Å². The highest BCUT2D eigenvalue weighted by molar-refractivity contribution is 9.10. The zero-order valence-corrected chi connectivity index (χ0v) is 10.1. The third-order valence-electron chi connectivity index (χ3n) is 2.11. The molecule has 0 heterocycles. The summed E-state index contributed by atoms with van der Waals surface area (Å²) >= 11 is 2.88. The van der Waals surface area contributed by atoms with Crippen LogP contribution in [0, 0.1) is 5.82 Å². The number of ether oxygens (including phenoxy) is 1. The number of benzene rings is 1. The molecular formula is C10H11BrFNO3. The van der Waals surface area contributed by atoms with Gasteiger partial charge in [0.25, 0.3) is 0 Å². The number of aromatic hydroxyl groups is 1. The van der Waals surface area contributed by atoms with Crippen molar-refractivity contribution in [1.82, 2.24) is 0 Å². The van der Waals surface area contributed by atoms with Crippen LogP contribution in [0.2, 0.25) is 0 Å². The molecule has 0 bridgehead atoms. The van der Waals surface area contributed by atoms with E-state index >= 15 is 0 Å². The largest absolute Gasteiger partial charge is 0.506 e. The Hall–Kier alpha value is -1.14. The van der Waals surface area contributed by atoms with Gasteiger partial charge in [-0.1, -0.05) is 6.07 Å². The summed E-state index contributed by atoms with van der Waals surface area (Å²) in [5.74, 6) is -1.38. The molecule has 0 aliphatic carbocycles. The Kier molecular flexibility index (Phi) is 4.26. The smallest absolute Gasteiger partial charge is 0.307 e. The number of phenols is 1. The summed E-state index contributed by atoms with van der Waals surface area (Å²) in [6.45, 7) is 0. The van der Waals surface area contributed by atoms with Gasteiger partial charge in [0.1, 0.15) is 11.6 Å². The minimum absolute atomic E-state index is 0.0645. The van der Waals surface area contributed by atoms with Gasteiger partial charge in [-0.15, -0.1) is 0 Å². The van der Waals surface area contributed by atoms with Crippen molar-refractivity contribution >= 4 is 21.9 Å². The molecule has 0 aromatic heterocycles. The second kappa shape index (κ2) is 5.27. The number of phenolic OH excluding ortho intramolecular Hbond substituents is 1. The van der Waals surface area contributed by atoms with Crippen LogP contribution >= 0.6 is 15.9 Å². The first-order valence-electron chi connectivity index (χ1n) is 4.46. The van der Waals surface area contributed by atoms with E-state index in [1.54, 1.807) is 0 Å². The SMILES string of the molecule is COC(=O)C[C@H](N)c1ccc(F)c(Br)c1O. The van der Waals surface area contributed by atoms with Crippen LogP contribution in [-0.2, 0) is 9.53 Å². The molecule has 0 radical (unpaired) electrons. The molecule has 1 rings (SSSR count). The van der Waals surface area contributed by atoms with E-state index in [2.05, 4.69) is 20.7 Å². The molecular weight excluding hydrogens is 281 g/mol. The number of nitrogens with two attached hydrogens (primary N) is 1. The van der Waals surface area contributed by atoms with Crippen molar-refractivity contribution in [3.05, 3.63) is 28.0 Å². The van der Waals surface area contributed by atoms with Crippen LogP contribution in [-0.4, -0.2) is 18.2 Å². The van der Waals surface area contributed by atoms with Gasteiger partial charge in [0, 0.05) is 11.6 Å². The van der Waals surface area contributed by atoms with Gasteiger partial charge in [0.15, 0.2) is 0 Å². The molecule has 3 N–H and O–H groups in total. The van der Waals surface area contributed by atoms with Crippen molar-refractivity contribution in [1.29, 1.82) is 0 Å². The van der Waals surface area contributed by atoms with Crippen molar-refractivity contribution in [2.45, 2.75) is 12.5 Å². The van der Waals surface area contributed by atoms with E-state index in [1.165, 1.54) is 13.2 Å². The maximum absolute atomic E-state index is 13.0. The summed E-state index contributed by atoms with van der Waals surface area (Å²) in [7, 11) is 1.25. The molecule has 4 nitrogen and oxygen atoms in total. The van der Waals surface area contributed by atoms with Crippen LogP contribution in [0.5, 0.6) is 5.75 Å². The van der Waals surface area contributed by atoms with Crippen molar-refractivity contribution in [2.75, 3.05) is 7.11 Å². The number of rotatable bonds is 3. The lowest BCUT2D eigenvalue weighted by atomic mass is 10.0. The lowest BCUT2D eigenvalue weighted by Gasteiger charge is -2.13. The number of carbonyl (C=O) groups excluding carboxylic acids is 1. The van der Waals surface area contributed by atoms with Gasteiger partial charge in [-0.05, 0) is 22.0 Å². The number of carbonyl (C=O) groups is 1. The molecule has 1 aromatic rings. The van der Waals surface area contributed by atoms with Crippen LogP contribution in [0.15, 0.2) is 16.6 Å². The van der Waals surface area contributed by atoms with E-state index < -0.39 is 17.8 Å². The molecule has 0 amide bonds. The van der Waals surface area contributed by atoms with E-state index in [9.17, 15) is 14.3 Å². The lowest BCUT2D eigenvalue weighted by Crippen LogP contribution is -2.16. The number of methoxy groups -OCH3 is 1. The van der Waals surface area contributed by atoms with Gasteiger partial charge in [0.05, 0.1) is 18.0 Å². The minimum Gasteiger partial charge on any atom is -0.506 e. The van der Waals surface area contributed by atoms with Gasteiger partial charge >= 0.3 is 5.97 Å². The number of esters is 1. The Morgan fingerprint density at radius 3 is 2.88 bits per heavy atom. The monoisotopic (exact) mass is 291 g/mol. The average molecular weight is 292 g/mol. The first-order valence-corrected chi connectivity index (χ1v) is 5.26. The van der Waals surface area contributed by atoms with Gasteiger partial charge in [-0.2, -0.15) is 0 Å². The Morgan fingerprint density at radius 2 is 2.31 bits per heavy atom. The molecule has 6 heteroatoms. The molecule has 1 aromatic carbocycles. The van der Waals surface area contributed by atoms with Gasteiger partial charge in [-0.3, -0.25) is 4.79 Å². The Bertz CT molecular complexity index is 411. The highest BCUT2D eigenvalue weighted by Crippen LogP contribution is 2.34. The Balaban J connectivity index is 2.96. The zero-order valence-electron chi connectivity index (χ0n) is 8.54. The van der Waals surface area contributed by atoms with Crippen molar-refractivity contribution < 1.29 is 19.0 Å². The number of halogens is 2. The van der Waals surface area contributed by atoms with Crippen LogP contribution < -0.4 is 5.73 Å². The van der Waals surface area contributed by atoms with E-state index in [4.69, 9.17) is 5.73 Å². The van der Waals surface area contributed by atoms with E-state index in [1.807, 2.05) is 0 Å². The molecule has 0 unspecified atom stereocenters. The second-order valence-electron chi connectivity index (χ2n) is 3.19. The van der Waals surface area contributed by atoms with Crippen LogP contribution in [0.3, 0.4) is 0 Å². The van der Waals surface area contributed by atoms with Crippen LogP contribution in [0.1, 0.15) is 18.0 Å². The van der Waals surface area contributed by atoms with Crippen molar-refractivity contribution in [3.8, 4) is 5.75 Å². The zero-order chi connectivity index (χ0) is 12.3. The molecule has 88 valence electrons. The Morgan fingerprint density at radius 1 is 1.69 bits per heavy atom. The topological polar surface area (TPSA) is 72.5 Å². The fourth-order valence-electron chi connectivity index (χ4n) is 1.23. The molecule has 0 saturated carbocycles. The van der Waals surface area contributed by atoms with Gasteiger partial charge < -0.3 is 15.6 Å². The minimum atomic E-state index is -0.732. The molecule has 0 saturated heterocycles. The molecule has 1 atom stereocenters. The predicted octanol–water partition coefficient (Wildman–Crippen LogP) is 1.86. The van der Waals surface area contributed by atoms with Crippen LogP contribution in [0.25, 0.3) is 0 Å². The standard InChI is InChI=1S/C10H11BrFNO3/c1-16-8(14)4-7(13)5-2-3-6(12)9(11)10(5)15/h2-3,7,15H,4,13H2,1H3/t7-/m0/s1. The third-order valence-corrected chi connectivity index (χ3v) is 2.87. The molecule has 16 heavy (non-hydrogen) atoms. The summed E-state index contributed by atoms with van der Waals surface area (Å²) < 4.78 is 17.4. The Labute approximate surface area is 100 Å². The number of hydrogen-bond acceptors (Lipinski definition) is 4. The first-order chi connectivity index (χ1) is 7.47. The molecule has 0 fully saturated rings.